The van der Waals surface area contributed by atoms with Crippen LogP contribution in [-0.4, -0.2) is 29.7 Å². The molecule has 2 heteroatoms. The third-order valence-electron chi connectivity index (χ3n) is 4.08. The van der Waals surface area contributed by atoms with Crippen LogP contribution in [0.2, 0.25) is 0 Å². The lowest BCUT2D eigenvalue weighted by atomic mass is 9.82. The summed E-state index contributed by atoms with van der Waals surface area (Å²) in [5, 5.41) is 8.81. The van der Waals surface area contributed by atoms with Gasteiger partial charge >= 0.3 is 0 Å². The van der Waals surface area contributed by atoms with Crippen LogP contribution in [0.1, 0.15) is 44.2 Å². The molecule has 1 fully saturated rings. The van der Waals surface area contributed by atoms with E-state index in [1.807, 2.05) is 6.07 Å². The van der Waals surface area contributed by atoms with E-state index in [-0.39, 0.29) is 6.61 Å². The van der Waals surface area contributed by atoms with Crippen LogP contribution < -0.4 is 0 Å². The van der Waals surface area contributed by atoms with Crippen LogP contribution in [0.4, 0.5) is 0 Å². The molecule has 1 aliphatic rings. The minimum atomic E-state index is 0.135. The van der Waals surface area contributed by atoms with Crippen LogP contribution in [0.15, 0.2) is 24.3 Å². The first-order valence-corrected chi connectivity index (χ1v) is 7.51. The van der Waals surface area contributed by atoms with Crippen molar-refractivity contribution in [3.63, 3.8) is 0 Å². The third-order valence-corrected chi connectivity index (χ3v) is 4.08. The van der Waals surface area contributed by atoms with Gasteiger partial charge in [-0.25, -0.2) is 0 Å². The number of rotatable bonds is 3. The predicted octanol–water partition coefficient (Wildman–Crippen LogP) is 3.04. The Bertz CT molecular complexity index is 486. The first kappa shape index (κ1) is 15.1. The molecule has 1 saturated heterocycles. The Labute approximate surface area is 122 Å². The highest BCUT2D eigenvalue weighted by molar-refractivity contribution is 5.41. The molecule has 2 nitrogen and oxygen atoms in total. The lowest BCUT2D eigenvalue weighted by Crippen LogP contribution is -2.36. The molecule has 0 atom stereocenters. The van der Waals surface area contributed by atoms with Crippen LogP contribution in [0, 0.1) is 17.3 Å². The Balaban J connectivity index is 2.01. The van der Waals surface area contributed by atoms with Crippen molar-refractivity contribution in [3.05, 3.63) is 35.4 Å². The fourth-order valence-corrected chi connectivity index (χ4v) is 2.55. The molecule has 1 N–H and O–H groups in total. The van der Waals surface area contributed by atoms with Crippen molar-refractivity contribution in [2.24, 2.45) is 5.41 Å². The lowest BCUT2D eigenvalue weighted by molar-refractivity contribution is 0.127. The maximum atomic E-state index is 8.81. The van der Waals surface area contributed by atoms with Crippen molar-refractivity contribution in [1.82, 2.24) is 4.90 Å². The SMILES string of the molecule is CC1(C)CCN(Cc2ccccc2C#CCCO)CC1. The van der Waals surface area contributed by atoms with Gasteiger partial charge in [0, 0.05) is 18.5 Å². The van der Waals surface area contributed by atoms with E-state index >= 15 is 0 Å². The van der Waals surface area contributed by atoms with E-state index in [1.54, 1.807) is 0 Å². The van der Waals surface area contributed by atoms with E-state index in [0.717, 1.165) is 12.1 Å². The number of benzene rings is 1. The summed E-state index contributed by atoms with van der Waals surface area (Å²) in [4.78, 5) is 2.53. The molecular weight excluding hydrogens is 246 g/mol. The van der Waals surface area contributed by atoms with Crippen molar-refractivity contribution in [2.45, 2.75) is 39.7 Å². The normalized spacial score (nSPS) is 18.4. The molecule has 0 spiro atoms. The highest BCUT2D eigenvalue weighted by atomic mass is 16.2. The Morgan fingerprint density at radius 3 is 2.60 bits per heavy atom. The number of hydrogen-bond acceptors (Lipinski definition) is 2. The molecule has 0 saturated carbocycles. The largest absolute Gasteiger partial charge is 0.395 e. The van der Waals surface area contributed by atoms with Gasteiger partial charge in [-0.15, -0.1) is 0 Å². The van der Waals surface area contributed by atoms with Crippen molar-refractivity contribution in [2.75, 3.05) is 19.7 Å². The van der Waals surface area contributed by atoms with E-state index in [0.29, 0.717) is 11.8 Å². The van der Waals surface area contributed by atoms with Crippen LogP contribution >= 0.6 is 0 Å². The summed E-state index contributed by atoms with van der Waals surface area (Å²) in [6.45, 7) is 8.19. The van der Waals surface area contributed by atoms with Gasteiger partial charge in [0.05, 0.1) is 6.61 Å². The molecule has 2 rings (SSSR count). The zero-order valence-corrected chi connectivity index (χ0v) is 12.7. The van der Waals surface area contributed by atoms with Gasteiger partial charge < -0.3 is 5.11 Å². The minimum Gasteiger partial charge on any atom is -0.395 e. The third kappa shape index (κ3) is 4.37. The summed E-state index contributed by atoms with van der Waals surface area (Å²) < 4.78 is 0. The maximum Gasteiger partial charge on any atom is 0.0540 e. The van der Waals surface area contributed by atoms with Gasteiger partial charge in [-0.05, 0) is 43.0 Å². The average molecular weight is 271 g/mol. The number of piperidine rings is 1. The molecule has 0 aliphatic carbocycles. The molecule has 1 heterocycles. The molecule has 1 aromatic carbocycles. The lowest BCUT2D eigenvalue weighted by Gasteiger charge is -2.37. The van der Waals surface area contributed by atoms with Crippen molar-refractivity contribution < 1.29 is 5.11 Å². The Morgan fingerprint density at radius 2 is 1.90 bits per heavy atom. The second kappa shape index (κ2) is 6.92. The highest BCUT2D eigenvalue weighted by Crippen LogP contribution is 2.30. The number of aliphatic hydroxyl groups is 1. The van der Waals surface area contributed by atoms with Gasteiger partial charge in [-0.1, -0.05) is 43.9 Å². The summed E-state index contributed by atoms with van der Waals surface area (Å²) in [6, 6.07) is 8.36. The summed E-state index contributed by atoms with van der Waals surface area (Å²) in [5.74, 6) is 6.21. The average Bonchev–Trinajstić information content (AvgIpc) is 2.43. The maximum absolute atomic E-state index is 8.81. The number of likely N-dealkylation sites (tertiary alicyclic amines) is 1. The second-order valence-corrected chi connectivity index (χ2v) is 6.37. The highest BCUT2D eigenvalue weighted by Gasteiger charge is 2.25. The fourth-order valence-electron chi connectivity index (χ4n) is 2.55. The topological polar surface area (TPSA) is 23.5 Å². The van der Waals surface area contributed by atoms with Crippen molar-refractivity contribution in [1.29, 1.82) is 0 Å². The van der Waals surface area contributed by atoms with Gasteiger partial charge in [-0.2, -0.15) is 0 Å². The number of hydrogen-bond donors (Lipinski definition) is 1. The molecule has 0 aromatic heterocycles. The summed E-state index contributed by atoms with van der Waals surface area (Å²) in [6.07, 6.45) is 3.09. The summed E-state index contributed by atoms with van der Waals surface area (Å²) in [5.41, 5.74) is 2.90. The van der Waals surface area contributed by atoms with E-state index in [4.69, 9.17) is 5.11 Å². The number of aliphatic hydroxyl groups excluding tert-OH is 1. The molecule has 0 radical (unpaired) electrons. The van der Waals surface area contributed by atoms with Gasteiger partial charge in [0.15, 0.2) is 0 Å². The zero-order chi connectivity index (χ0) is 14.4. The van der Waals surface area contributed by atoms with Gasteiger partial charge in [0.1, 0.15) is 0 Å². The van der Waals surface area contributed by atoms with Crippen LogP contribution in [0.5, 0.6) is 0 Å². The van der Waals surface area contributed by atoms with Gasteiger partial charge in [-0.3, -0.25) is 4.90 Å². The first-order chi connectivity index (χ1) is 9.61. The Morgan fingerprint density at radius 1 is 1.20 bits per heavy atom. The molecule has 0 amide bonds. The van der Waals surface area contributed by atoms with E-state index in [1.165, 1.54) is 31.5 Å². The van der Waals surface area contributed by atoms with Crippen LogP contribution in [0.25, 0.3) is 0 Å². The molecule has 20 heavy (non-hydrogen) atoms. The predicted molar refractivity (Wildman–Crippen MR) is 83.3 cm³/mol. The van der Waals surface area contributed by atoms with Crippen LogP contribution in [0.3, 0.4) is 0 Å². The Hall–Kier alpha value is -1.30. The van der Waals surface area contributed by atoms with Crippen molar-refractivity contribution >= 4 is 0 Å². The first-order valence-electron chi connectivity index (χ1n) is 7.51. The molecule has 1 aliphatic heterocycles. The monoisotopic (exact) mass is 271 g/mol. The molecule has 1 aromatic rings. The number of nitrogens with zero attached hydrogens (tertiary/aromatic N) is 1. The van der Waals surface area contributed by atoms with E-state index in [9.17, 15) is 0 Å². The fraction of sp³-hybridized carbons (Fsp3) is 0.556. The zero-order valence-electron chi connectivity index (χ0n) is 12.7. The standard InChI is InChI=1S/C18H25NO/c1-18(2)10-12-19(13-11-18)15-17-9-4-3-7-16(17)8-5-6-14-20/h3-4,7,9,20H,6,10-15H2,1-2H3. The van der Waals surface area contributed by atoms with Gasteiger partial charge in [0.2, 0.25) is 0 Å². The Kier molecular flexibility index (Phi) is 5.23. The van der Waals surface area contributed by atoms with Crippen LogP contribution in [-0.2, 0) is 6.54 Å². The van der Waals surface area contributed by atoms with Crippen molar-refractivity contribution in [3.8, 4) is 11.8 Å². The molecule has 0 unspecified atom stereocenters. The summed E-state index contributed by atoms with van der Waals surface area (Å²) in [7, 11) is 0. The second-order valence-electron chi connectivity index (χ2n) is 6.37. The molecular formula is C18H25NO. The summed E-state index contributed by atoms with van der Waals surface area (Å²) >= 11 is 0. The quantitative estimate of drug-likeness (QED) is 0.854. The smallest absolute Gasteiger partial charge is 0.0540 e. The molecule has 108 valence electrons. The van der Waals surface area contributed by atoms with E-state index in [2.05, 4.69) is 48.8 Å². The van der Waals surface area contributed by atoms with E-state index < -0.39 is 0 Å². The molecule has 0 bridgehead atoms. The minimum absolute atomic E-state index is 0.135. The van der Waals surface area contributed by atoms with Gasteiger partial charge in [0.25, 0.3) is 0 Å².